The minimum Gasteiger partial charge on any atom is -0.477 e. The van der Waals surface area contributed by atoms with Gasteiger partial charge in [0.15, 0.2) is 0 Å². The summed E-state index contributed by atoms with van der Waals surface area (Å²) in [5.74, 6) is 2.07. The van der Waals surface area contributed by atoms with Gasteiger partial charge >= 0.3 is 0 Å². The van der Waals surface area contributed by atoms with Crippen molar-refractivity contribution in [3.8, 4) is 17.1 Å². The van der Waals surface area contributed by atoms with Gasteiger partial charge in [0.1, 0.15) is 5.82 Å². The third kappa shape index (κ3) is 6.52. The third-order valence-corrected chi connectivity index (χ3v) is 6.22. The van der Waals surface area contributed by atoms with E-state index in [0.29, 0.717) is 18.2 Å². The van der Waals surface area contributed by atoms with Crippen molar-refractivity contribution in [3.05, 3.63) is 41.7 Å². The molecule has 1 aromatic heterocycles. The lowest BCUT2D eigenvalue weighted by molar-refractivity contribution is 0.252. The van der Waals surface area contributed by atoms with Crippen molar-refractivity contribution in [2.75, 3.05) is 6.61 Å². The van der Waals surface area contributed by atoms with Crippen molar-refractivity contribution >= 4 is 0 Å². The van der Waals surface area contributed by atoms with Crippen LogP contribution in [0.4, 0.5) is 4.39 Å². The first kappa shape index (κ1) is 21.7. The van der Waals surface area contributed by atoms with E-state index in [9.17, 15) is 4.39 Å². The fraction of sp³-hybridized carbons (Fsp3) is 0.600. The van der Waals surface area contributed by atoms with E-state index in [-0.39, 0.29) is 5.82 Å². The summed E-state index contributed by atoms with van der Waals surface area (Å²) in [6.07, 6.45) is 12.0. The highest BCUT2D eigenvalue weighted by molar-refractivity contribution is 5.59. The van der Waals surface area contributed by atoms with Gasteiger partial charge in [-0.15, -0.1) is 10.2 Å². The summed E-state index contributed by atoms with van der Waals surface area (Å²) in [4.78, 5) is 0. The zero-order chi connectivity index (χ0) is 20.5. The van der Waals surface area contributed by atoms with Gasteiger partial charge in [-0.1, -0.05) is 70.9 Å². The van der Waals surface area contributed by atoms with Gasteiger partial charge in [-0.25, -0.2) is 4.39 Å². The van der Waals surface area contributed by atoms with Crippen LogP contribution < -0.4 is 4.74 Å². The molecule has 0 bridgehead atoms. The standard InChI is InChI=1S/C25H35FN2O/c1-3-5-17-29-25-16-15-24(27-28-25)22-14-13-21(23(26)18-22)12-11-20-9-7-19(6-4-2)8-10-20/h13-16,18-20H,3-12,17H2,1-2H3. The van der Waals surface area contributed by atoms with Crippen molar-refractivity contribution in [2.24, 2.45) is 11.8 Å². The fourth-order valence-electron chi connectivity index (χ4n) is 4.36. The Bertz CT molecular complexity index is 739. The molecule has 3 rings (SSSR count). The summed E-state index contributed by atoms with van der Waals surface area (Å²) >= 11 is 0. The van der Waals surface area contributed by atoms with Gasteiger partial charge in [0.25, 0.3) is 0 Å². The minimum atomic E-state index is -0.132. The average molecular weight is 399 g/mol. The molecule has 1 fully saturated rings. The highest BCUT2D eigenvalue weighted by Crippen LogP contribution is 2.34. The van der Waals surface area contributed by atoms with Gasteiger partial charge < -0.3 is 4.74 Å². The molecule has 1 aliphatic rings. The lowest BCUT2D eigenvalue weighted by Gasteiger charge is -2.28. The van der Waals surface area contributed by atoms with Crippen LogP contribution in [-0.2, 0) is 6.42 Å². The second-order valence-corrected chi connectivity index (χ2v) is 8.48. The molecule has 29 heavy (non-hydrogen) atoms. The number of hydrogen-bond acceptors (Lipinski definition) is 3. The average Bonchev–Trinajstić information content (AvgIpc) is 2.75. The van der Waals surface area contributed by atoms with Crippen molar-refractivity contribution < 1.29 is 9.13 Å². The first-order chi connectivity index (χ1) is 14.2. The molecule has 1 aromatic carbocycles. The lowest BCUT2D eigenvalue weighted by atomic mass is 9.78. The number of rotatable bonds is 10. The van der Waals surface area contributed by atoms with E-state index < -0.39 is 0 Å². The van der Waals surface area contributed by atoms with Crippen LogP contribution in [0.5, 0.6) is 5.88 Å². The zero-order valence-electron chi connectivity index (χ0n) is 18.0. The molecule has 0 aliphatic heterocycles. The van der Waals surface area contributed by atoms with E-state index in [1.807, 2.05) is 18.2 Å². The quantitative estimate of drug-likeness (QED) is 0.404. The molecular formula is C25H35FN2O. The Morgan fingerprint density at radius 1 is 0.931 bits per heavy atom. The van der Waals surface area contributed by atoms with Gasteiger partial charge in [-0.05, 0) is 48.8 Å². The van der Waals surface area contributed by atoms with Crippen LogP contribution in [0.1, 0.15) is 77.2 Å². The van der Waals surface area contributed by atoms with Crippen LogP contribution in [0.2, 0.25) is 0 Å². The van der Waals surface area contributed by atoms with Crippen LogP contribution in [0.25, 0.3) is 11.3 Å². The number of nitrogens with zero attached hydrogens (tertiary/aromatic N) is 2. The summed E-state index contributed by atoms with van der Waals surface area (Å²) in [6, 6.07) is 9.12. The number of aryl methyl sites for hydroxylation is 1. The van der Waals surface area contributed by atoms with Crippen LogP contribution in [-0.4, -0.2) is 16.8 Å². The second kappa shape index (κ2) is 11.3. The Balaban J connectivity index is 1.52. The maximum Gasteiger partial charge on any atom is 0.233 e. The molecule has 3 nitrogen and oxygen atoms in total. The molecule has 1 aliphatic carbocycles. The van der Waals surface area contributed by atoms with Gasteiger partial charge in [-0.3, -0.25) is 0 Å². The maximum atomic E-state index is 14.7. The van der Waals surface area contributed by atoms with E-state index in [2.05, 4.69) is 24.0 Å². The number of aromatic nitrogens is 2. The topological polar surface area (TPSA) is 35.0 Å². The number of halogens is 1. The first-order valence-electron chi connectivity index (χ1n) is 11.4. The molecule has 0 amide bonds. The smallest absolute Gasteiger partial charge is 0.233 e. The summed E-state index contributed by atoms with van der Waals surface area (Å²) in [7, 11) is 0. The van der Waals surface area contributed by atoms with Crippen molar-refractivity contribution in [1.82, 2.24) is 10.2 Å². The molecule has 0 saturated heterocycles. The minimum absolute atomic E-state index is 0.132. The summed E-state index contributed by atoms with van der Waals surface area (Å²) in [5, 5.41) is 8.30. The summed E-state index contributed by atoms with van der Waals surface area (Å²) < 4.78 is 20.2. The number of hydrogen-bond donors (Lipinski definition) is 0. The highest BCUT2D eigenvalue weighted by Gasteiger charge is 2.20. The molecular weight excluding hydrogens is 363 g/mol. The molecule has 2 aromatic rings. The molecule has 4 heteroatoms. The Labute approximate surface area is 175 Å². The Morgan fingerprint density at radius 2 is 1.69 bits per heavy atom. The predicted octanol–water partition coefficient (Wildman–Crippen LogP) is 7.00. The van der Waals surface area contributed by atoms with Crippen molar-refractivity contribution in [2.45, 2.75) is 78.1 Å². The van der Waals surface area contributed by atoms with E-state index in [0.717, 1.165) is 48.6 Å². The van der Waals surface area contributed by atoms with Gasteiger partial charge in [0, 0.05) is 11.6 Å². The van der Waals surface area contributed by atoms with Crippen LogP contribution in [0.3, 0.4) is 0 Å². The van der Waals surface area contributed by atoms with E-state index in [4.69, 9.17) is 4.74 Å². The Kier molecular flexibility index (Phi) is 8.45. The molecule has 0 unspecified atom stereocenters. The monoisotopic (exact) mass is 398 g/mol. The number of benzene rings is 1. The molecule has 0 spiro atoms. The summed E-state index contributed by atoms with van der Waals surface area (Å²) in [5.41, 5.74) is 2.25. The van der Waals surface area contributed by atoms with E-state index in [1.54, 1.807) is 12.1 Å². The van der Waals surface area contributed by atoms with Crippen LogP contribution >= 0.6 is 0 Å². The SMILES string of the molecule is CCCCOc1ccc(-c2ccc(CCC3CCC(CCC)CC3)c(F)c2)nn1. The molecule has 1 heterocycles. The molecule has 1 saturated carbocycles. The van der Waals surface area contributed by atoms with Crippen molar-refractivity contribution in [3.63, 3.8) is 0 Å². The predicted molar refractivity (Wildman–Crippen MR) is 117 cm³/mol. The molecule has 158 valence electrons. The number of ether oxygens (including phenoxy) is 1. The normalized spacial score (nSPS) is 19.3. The zero-order valence-corrected chi connectivity index (χ0v) is 18.0. The Morgan fingerprint density at radius 3 is 2.31 bits per heavy atom. The number of unbranched alkanes of at least 4 members (excludes halogenated alkanes) is 1. The fourth-order valence-corrected chi connectivity index (χ4v) is 4.36. The Hall–Kier alpha value is -1.97. The van der Waals surface area contributed by atoms with Crippen molar-refractivity contribution in [1.29, 1.82) is 0 Å². The highest BCUT2D eigenvalue weighted by atomic mass is 19.1. The van der Waals surface area contributed by atoms with E-state index in [1.165, 1.54) is 38.5 Å². The van der Waals surface area contributed by atoms with Crippen LogP contribution in [0, 0.1) is 17.7 Å². The van der Waals surface area contributed by atoms with Gasteiger partial charge in [0.2, 0.25) is 5.88 Å². The molecule has 0 atom stereocenters. The van der Waals surface area contributed by atoms with Crippen LogP contribution in [0.15, 0.2) is 30.3 Å². The second-order valence-electron chi connectivity index (χ2n) is 8.48. The summed E-state index contributed by atoms with van der Waals surface area (Å²) in [6.45, 7) is 5.04. The van der Waals surface area contributed by atoms with E-state index >= 15 is 0 Å². The van der Waals surface area contributed by atoms with Gasteiger partial charge in [-0.2, -0.15) is 0 Å². The third-order valence-electron chi connectivity index (χ3n) is 6.22. The first-order valence-corrected chi connectivity index (χ1v) is 11.4. The molecule has 0 N–H and O–H groups in total. The maximum absolute atomic E-state index is 14.7. The lowest BCUT2D eigenvalue weighted by Crippen LogP contribution is -2.15. The largest absolute Gasteiger partial charge is 0.477 e. The van der Waals surface area contributed by atoms with Gasteiger partial charge in [0.05, 0.1) is 12.3 Å². The molecule has 0 radical (unpaired) electrons.